The van der Waals surface area contributed by atoms with Gasteiger partial charge in [-0.1, -0.05) is 6.08 Å². The standard InChI is InChI=1S/C10H12F3NO3/c1-3-6-5-9(6,8(16)17-4-2)14-7(15)10(11,12)13/h3,6H,1,4-5H2,2H3,(H,14,15)/t6-,9-/m1/s1. The Labute approximate surface area is 95.8 Å². The summed E-state index contributed by atoms with van der Waals surface area (Å²) in [5.41, 5.74) is -1.59. The highest BCUT2D eigenvalue weighted by Gasteiger charge is 2.63. The molecule has 0 spiro atoms. The van der Waals surface area contributed by atoms with E-state index in [9.17, 15) is 22.8 Å². The van der Waals surface area contributed by atoms with Gasteiger partial charge in [0.15, 0.2) is 0 Å². The Morgan fingerprint density at radius 1 is 1.59 bits per heavy atom. The number of hydrogen-bond acceptors (Lipinski definition) is 3. The predicted octanol–water partition coefficient (Wildman–Crippen LogP) is 1.17. The molecule has 4 nitrogen and oxygen atoms in total. The summed E-state index contributed by atoms with van der Waals surface area (Å²) in [6.45, 7) is 4.95. The number of rotatable bonds is 4. The van der Waals surface area contributed by atoms with Gasteiger partial charge in [0.05, 0.1) is 6.61 Å². The Morgan fingerprint density at radius 3 is 2.53 bits per heavy atom. The first-order chi connectivity index (χ1) is 7.78. The molecule has 1 fully saturated rings. The van der Waals surface area contributed by atoms with Crippen LogP contribution in [0.15, 0.2) is 12.7 Å². The molecule has 0 heterocycles. The molecule has 1 aliphatic rings. The van der Waals surface area contributed by atoms with E-state index in [4.69, 9.17) is 0 Å². The molecule has 0 aromatic rings. The number of halogens is 3. The fraction of sp³-hybridized carbons (Fsp3) is 0.600. The van der Waals surface area contributed by atoms with Crippen molar-refractivity contribution in [2.24, 2.45) is 5.92 Å². The zero-order valence-corrected chi connectivity index (χ0v) is 9.13. The van der Waals surface area contributed by atoms with Crippen LogP contribution in [0.25, 0.3) is 0 Å². The fourth-order valence-electron chi connectivity index (χ4n) is 1.54. The van der Waals surface area contributed by atoms with E-state index in [1.807, 2.05) is 0 Å². The molecule has 0 unspecified atom stereocenters. The van der Waals surface area contributed by atoms with Gasteiger partial charge < -0.3 is 10.1 Å². The monoisotopic (exact) mass is 251 g/mol. The predicted molar refractivity (Wildman–Crippen MR) is 51.9 cm³/mol. The highest BCUT2D eigenvalue weighted by atomic mass is 19.4. The topological polar surface area (TPSA) is 55.4 Å². The van der Waals surface area contributed by atoms with E-state index in [1.54, 1.807) is 5.32 Å². The molecule has 1 saturated carbocycles. The van der Waals surface area contributed by atoms with Crippen molar-refractivity contribution in [3.05, 3.63) is 12.7 Å². The van der Waals surface area contributed by atoms with Gasteiger partial charge >= 0.3 is 18.1 Å². The van der Waals surface area contributed by atoms with Crippen LogP contribution in [-0.2, 0) is 14.3 Å². The van der Waals surface area contributed by atoms with E-state index >= 15 is 0 Å². The van der Waals surface area contributed by atoms with Crippen LogP contribution < -0.4 is 5.32 Å². The lowest BCUT2D eigenvalue weighted by Crippen LogP contribution is -2.50. The number of nitrogens with one attached hydrogen (secondary N) is 1. The summed E-state index contributed by atoms with van der Waals surface area (Å²) in [4.78, 5) is 22.3. The Balaban J connectivity index is 2.79. The molecule has 96 valence electrons. The smallest absolute Gasteiger partial charge is 0.464 e. The minimum atomic E-state index is -5.02. The van der Waals surface area contributed by atoms with E-state index in [1.165, 1.54) is 13.0 Å². The minimum absolute atomic E-state index is 0.0341. The number of alkyl halides is 3. The van der Waals surface area contributed by atoms with Crippen molar-refractivity contribution in [2.75, 3.05) is 6.61 Å². The SMILES string of the molecule is C=C[C@@H]1C[C@]1(NC(=O)C(F)(F)F)C(=O)OCC. The molecule has 0 aromatic carbocycles. The van der Waals surface area contributed by atoms with Gasteiger partial charge in [-0.05, 0) is 13.3 Å². The molecule has 1 rings (SSSR count). The van der Waals surface area contributed by atoms with Crippen molar-refractivity contribution in [3.8, 4) is 0 Å². The summed E-state index contributed by atoms with van der Waals surface area (Å²) >= 11 is 0. The molecule has 0 radical (unpaired) electrons. The molecule has 0 aliphatic heterocycles. The molecular weight excluding hydrogens is 239 g/mol. The highest BCUT2D eigenvalue weighted by Crippen LogP contribution is 2.45. The van der Waals surface area contributed by atoms with Gasteiger partial charge in [-0.15, -0.1) is 6.58 Å². The molecule has 0 saturated heterocycles. The van der Waals surface area contributed by atoms with Gasteiger partial charge in [0, 0.05) is 5.92 Å². The van der Waals surface area contributed by atoms with Crippen LogP contribution in [0.1, 0.15) is 13.3 Å². The molecule has 0 aromatic heterocycles. The number of ether oxygens (including phenoxy) is 1. The van der Waals surface area contributed by atoms with Gasteiger partial charge in [0.25, 0.3) is 0 Å². The van der Waals surface area contributed by atoms with Crippen LogP contribution in [0.4, 0.5) is 13.2 Å². The van der Waals surface area contributed by atoms with E-state index in [0.29, 0.717) is 0 Å². The largest absolute Gasteiger partial charge is 0.471 e. The molecule has 17 heavy (non-hydrogen) atoms. The van der Waals surface area contributed by atoms with Crippen LogP contribution >= 0.6 is 0 Å². The lowest BCUT2D eigenvalue weighted by molar-refractivity contribution is -0.176. The quantitative estimate of drug-likeness (QED) is 0.602. The summed E-state index contributed by atoms with van der Waals surface area (Å²) in [7, 11) is 0. The molecule has 1 aliphatic carbocycles. The van der Waals surface area contributed by atoms with E-state index in [0.717, 1.165) is 0 Å². The molecule has 0 bridgehead atoms. The third kappa shape index (κ3) is 2.59. The second-order valence-electron chi connectivity index (χ2n) is 3.69. The average molecular weight is 251 g/mol. The van der Waals surface area contributed by atoms with Crippen molar-refractivity contribution in [1.29, 1.82) is 0 Å². The van der Waals surface area contributed by atoms with Gasteiger partial charge in [0.2, 0.25) is 0 Å². The van der Waals surface area contributed by atoms with E-state index in [2.05, 4.69) is 11.3 Å². The summed E-state index contributed by atoms with van der Waals surface area (Å²) in [5, 5.41) is 1.68. The summed E-state index contributed by atoms with van der Waals surface area (Å²) in [6, 6.07) is 0. The maximum absolute atomic E-state index is 12.1. The van der Waals surface area contributed by atoms with E-state index < -0.39 is 29.5 Å². The molecular formula is C10H12F3NO3. The third-order valence-electron chi connectivity index (χ3n) is 2.53. The van der Waals surface area contributed by atoms with Crippen LogP contribution in [0.3, 0.4) is 0 Å². The van der Waals surface area contributed by atoms with Crippen LogP contribution in [0.5, 0.6) is 0 Å². The second-order valence-corrected chi connectivity index (χ2v) is 3.69. The van der Waals surface area contributed by atoms with Crippen molar-refractivity contribution < 1.29 is 27.5 Å². The number of carbonyl (C=O) groups excluding carboxylic acids is 2. The fourth-order valence-corrected chi connectivity index (χ4v) is 1.54. The lowest BCUT2D eigenvalue weighted by Gasteiger charge is -2.18. The third-order valence-corrected chi connectivity index (χ3v) is 2.53. The van der Waals surface area contributed by atoms with Crippen LogP contribution in [0.2, 0.25) is 0 Å². The normalized spacial score (nSPS) is 27.2. The van der Waals surface area contributed by atoms with Crippen molar-refractivity contribution in [2.45, 2.75) is 25.1 Å². The van der Waals surface area contributed by atoms with Gasteiger partial charge in [0.1, 0.15) is 5.54 Å². The van der Waals surface area contributed by atoms with Crippen LogP contribution in [-0.4, -0.2) is 30.2 Å². The minimum Gasteiger partial charge on any atom is -0.464 e. The Morgan fingerprint density at radius 2 is 2.18 bits per heavy atom. The summed E-state index contributed by atoms with van der Waals surface area (Å²) in [5.74, 6) is -3.52. The Bertz CT molecular complexity index is 353. The summed E-state index contributed by atoms with van der Waals surface area (Å²) in [6.07, 6.45) is -3.61. The Kier molecular flexibility index (Phi) is 3.49. The van der Waals surface area contributed by atoms with Crippen molar-refractivity contribution in [1.82, 2.24) is 5.32 Å². The molecule has 2 atom stereocenters. The summed E-state index contributed by atoms with van der Waals surface area (Å²) < 4.78 is 40.9. The average Bonchev–Trinajstić information content (AvgIpc) is 2.92. The second kappa shape index (κ2) is 4.38. The maximum atomic E-state index is 12.1. The number of carbonyl (C=O) groups is 2. The molecule has 7 heteroatoms. The number of hydrogen-bond donors (Lipinski definition) is 1. The first-order valence-electron chi connectivity index (χ1n) is 4.97. The molecule has 1 N–H and O–H groups in total. The van der Waals surface area contributed by atoms with Crippen LogP contribution in [0, 0.1) is 5.92 Å². The van der Waals surface area contributed by atoms with Gasteiger partial charge in [-0.25, -0.2) is 4.79 Å². The van der Waals surface area contributed by atoms with Crippen molar-refractivity contribution >= 4 is 11.9 Å². The van der Waals surface area contributed by atoms with Crippen molar-refractivity contribution in [3.63, 3.8) is 0 Å². The Hall–Kier alpha value is -1.53. The highest BCUT2D eigenvalue weighted by molar-refractivity contribution is 5.93. The van der Waals surface area contributed by atoms with E-state index in [-0.39, 0.29) is 13.0 Å². The first kappa shape index (κ1) is 13.5. The molecule has 1 amide bonds. The zero-order valence-electron chi connectivity index (χ0n) is 9.13. The van der Waals surface area contributed by atoms with Gasteiger partial charge in [-0.2, -0.15) is 13.2 Å². The van der Waals surface area contributed by atoms with Gasteiger partial charge in [-0.3, -0.25) is 4.79 Å². The zero-order chi connectivity index (χ0) is 13.3. The first-order valence-corrected chi connectivity index (χ1v) is 4.97. The maximum Gasteiger partial charge on any atom is 0.471 e. The number of amides is 1. The lowest BCUT2D eigenvalue weighted by atomic mass is 10.2. The number of esters is 1.